The van der Waals surface area contributed by atoms with Crippen LogP contribution in [0.5, 0.6) is 0 Å². The van der Waals surface area contributed by atoms with Crippen LogP contribution in [0.1, 0.15) is 18.4 Å². The maximum atomic E-state index is 12.4. The van der Waals surface area contributed by atoms with E-state index < -0.39 is 0 Å². The number of carbonyl (C=O) groups is 1. The Bertz CT molecular complexity index is 453. The molecular weight excluding hydrogens is 268 g/mol. The van der Waals surface area contributed by atoms with Crippen molar-refractivity contribution in [2.24, 2.45) is 0 Å². The fraction of sp³-hybridized carbons (Fsp3) is 0.562. The average molecular weight is 290 g/mol. The van der Waals surface area contributed by atoms with Gasteiger partial charge in [0.1, 0.15) is 0 Å². The van der Waals surface area contributed by atoms with Crippen molar-refractivity contribution < 1.29 is 4.79 Å². The van der Waals surface area contributed by atoms with Crippen LogP contribution in [-0.4, -0.2) is 53.2 Å². The van der Waals surface area contributed by atoms with Crippen LogP contribution in [0.15, 0.2) is 30.3 Å². The van der Waals surface area contributed by atoms with Gasteiger partial charge in [-0.3, -0.25) is 9.69 Å². The van der Waals surface area contributed by atoms with Crippen molar-refractivity contribution in [3.8, 4) is 0 Å². The molecule has 3 rings (SSSR count). The van der Waals surface area contributed by atoms with Crippen molar-refractivity contribution in [3.05, 3.63) is 35.9 Å². The predicted octanol–water partition coefficient (Wildman–Crippen LogP) is 1.83. The molecule has 1 aromatic carbocycles. The van der Waals surface area contributed by atoms with E-state index in [0.29, 0.717) is 6.42 Å². The van der Waals surface area contributed by atoms with Crippen LogP contribution >= 0.6 is 12.6 Å². The largest absolute Gasteiger partial charge is 0.339 e. The summed E-state index contributed by atoms with van der Waals surface area (Å²) >= 11 is 4.52. The Hall–Kier alpha value is -1.00. The monoisotopic (exact) mass is 290 g/mol. The lowest BCUT2D eigenvalue weighted by Gasteiger charge is -2.35. The zero-order valence-electron chi connectivity index (χ0n) is 11.7. The highest BCUT2D eigenvalue weighted by molar-refractivity contribution is 7.81. The standard InChI is InChI=1S/C16H22N2OS/c19-16(15(20)12-13-4-2-1-3-5-13)18-10-8-17(9-11-18)14-6-7-14/h1-5,14-15,20H,6-12H2. The molecule has 0 spiro atoms. The van der Waals surface area contributed by atoms with Gasteiger partial charge in [0.15, 0.2) is 0 Å². The van der Waals surface area contributed by atoms with E-state index in [4.69, 9.17) is 0 Å². The first-order valence-electron chi connectivity index (χ1n) is 7.49. The van der Waals surface area contributed by atoms with Crippen LogP contribution < -0.4 is 0 Å². The molecule has 1 unspecified atom stereocenters. The van der Waals surface area contributed by atoms with Gasteiger partial charge in [-0.1, -0.05) is 30.3 Å². The Morgan fingerprint density at radius 1 is 1.15 bits per heavy atom. The maximum absolute atomic E-state index is 12.4. The topological polar surface area (TPSA) is 23.6 Å². The molecule has 0 radical (unpaired) electrons. The number of piperazine rings is 1. The first-order chi connectivity index (χ1) is 9.74. The van der Waals surface area contributed by atoms with Crippen molar-refractivity contribution in [3.63, 3.8) is 0 Å². The molecule has 1 aliphatic heterocycles. The minimum Gasteiger partial charge on any atom is -0.339 e. The summed E-state index contributed by atoms with van der Waals surface area (Å²) in [6.45, 7) is 3.78. The SMILES string of the molecule is O=C(C(S)Cc1ccccc1)N1CCN(C2CC2)CC1. The summed E-state index contributed by atoms with van der Waals surface area (Å²) in [7, 11) is 0. The second-order valence-corrected chi connectivity index (χ2v) is 6.42. The second kappa shape index (κ2) is 6.19. The Kier molecular flexibility index (Phi) is 4.32. The second-order valence-electron chi connectivity index (χ2n) is 5.80. The number of rotatable bonds is 4. The van der Waals surface area contributed by atoms with Gasteiger partial charge < -0.3 is 4.90 Å². The molecule has 1 heterocycles. The summed E-state index contributed by atoms with van der Waals surface area (Å²) < 4.78 is 0. The van der Waals surface area contributed by atoms with Crippen LogP contribution in [0.4, 0.5) is 0 Å². The van der Waals surface area contributed by atoms with Gasteiger partial charge in [-0.25, -0.2) is 0 Å². The molecule has 0 bridgehead atoms. The zero-order chi connectivity index (χ0) is 13.9. The van der Waals surface area contributed by atoms with E-state index in [-0.39, 0.29) is 11.2 Å². The summed E-state index contributed by atoms with van der Waals surface area (Å²) in [5.74, 6) is 0.188. The summed E-state index contributed by atoms with van der Waals surface area (Å²) in [5, 5.41) is -0.218. The molecule has 20 heavy (non-hydrogen) atoms. The van der Waals surface area contributed by atoms with Crippen LogP contribution in [0.25, 0.3) is 0 Å². The highest BCUT2D eigenvalue weighted by atomic mass is 32.1. The van der Waals surface area contributed by atoms with E-state index in [1.807, 2.05) is 23.1 Å². The molecule has 4 heteroatoms. The lowest BCUT2D eigenvalue weighted by atomic mass is 10.1. The third kappa shape index (κ3) is 3.36. The normalized spacial score (nSPS) is 21.8. The van der Waals surface area contributed by atoms with E-state index >= 15 is 0 Å². The number of thiol groups is 1. The van der Waals surface area contributed by atoms with Crippen LogP contribution in [0.3, 0.4) is 0 Å². The summed E-state index contributed by atoms with van der Waals surface area (Å²) in [5.41, 5.74) is 1.18. The molecule has 2 fully saturated rings. The molecule has 1 atom stereocenters. The van der Waals surface area contributed by atoms with Crippen molar-refractivity contribution in [1.29, 1.82) is 0 Å². The number of benzene rings is 1. The summed E-state index contributed by atoms with van der Waals surface area (Å²) in [6.07, 6.45) is 3.40. The van der Waals surface area contributed by atoms with Gasteiger partial charge in [-0.2, -0.15) is 12.6 Å². The molecule has 2 aliphatic rings. The highest BCUT2D eigenvalue weighted by Crippen LogP contribution is 2.27. The highest BCUT2D eigenvalue weighted by Gasteiger charge is 2.33. The Balaban J connectivity index is 1.50. The number of nitrogens with zero attached hydrogens (tertiary/aromatic N) is 2. The molecular formula is C16H22N2OS. The van der Waals surface area contributed by atoms with Gasteiger partial charge in [-0.15, -0.1) is 0 Å². The molecule has 3 nitrogen and oxygen atoms in total. The predicted molar refractivity (Wildman–Crippen MR) is 84.1 cm³/mol. The fourth-order valence-electron chi connectivity index (χ4n) is 2.88. The van der Waals surface area contributed by atoms with Crippen LogP contribution in [0, 0.1) is 0 Å². The Morgan fingerprint density at radius 3 is 2.40 bits per heavy atom. The minimum atomic E-state index is -0.218. The van der Waals surface area contributed by atoms with Gasteiger partial charge >= 0.3 is 0 Å². The van der Waals surface area contributed by atoms with Crippen molar-refractivity contribution in [1.82, 2.24) is 9.80 Å². The summed E-state index contributed by atoms with van der Waals surface area (Å²) in [6, 6.07) is 10.9. The number of hydrogen-bond acceptors (Lipinski definition) is 3. The van der Waals surface area contributed by atoms with E-state index in [1.54, 1.807) is 0 Å². The zero-order valence-corrected chi connectivity index (χ0v) is 12.6. The van der Waals surface area contributed by atoms with E-state index in [1.165, 1.54) is 18.4 Å². The minimum absolute atomic E-state index is 0.188. The van der Waals surface area contributed by atoms with Crippen molar-refractivity contribution in [2.75, 3.05) is 26.2 Å². The van der Waals surface area contributed by atoms with Crippen LogP contribution in [-0.2, 0) is 11.2 Å². The molecule has 1 saturated heterocycles. The molecule has 1 aliphatic carbocycles. The lowest BCUT2D eigenvalue weighted by molar-refractivity contribution is -0.132. The number of amides is 1. The van der Waals surface area contributed by atoms with Crippen molar-refractivity contribution in [2.45, 2.75) is 30.6 Å². The van der Waals surface area contributed by atoms with E-state index in [0.717, 1.165) is 32.2 Å². The molecule has 0 aromatic heterocycles. The number of carbonyl (C=O) groups excluding carboxylic acids is 1. The van der Waals surface area contributed by atoms with Gasteiger partial charge in [0.2, 0.25) is 5.91 Å². The first-order valence-corrected chi connectivity index (χ1v) is 8.00. The molecule has 1 amide bonds. The summed E-state index contributed by atoms with van der Waals surface area (Å²) in [4.78, 5) is 16.9. The molecule has 1 aromatic rings. The molecule has 108 valence electrons. The fourth-order valence-corrected chi connectivity index (χ4v) is 3.26. The smallest absolute Gasteiger partial charge is 0.235 e. The van der Waals surface area contributed by atoms with Crippen molar-refractivity contribution >= 4 is 18.5 Å². The van der Waals surface area contributed by atoms with Crippen LogP contribution in [0.2, 0.25) is 0 Å². The van der Waals surface area contributed by atoms with E-state index in [9.17, 15) is 4.79 Å². The Labute approximate surface area is 126 Å². The number of hydrogen-bond donors (Lipinski definition) is 1. The first kappa shape index (κ1) is 14.0. The van der Waals surface area contributed by atoms with Gasteiger partial charge in [-0.05, 0) is 24.8 Å². The Morgan fingerprint density at radius 2 is 1.80 bits per heavy atom. The van der Waals surface area contributed by atoms with Gasteiger partial charge in [0, 0.05) is 32.2 Å². The quantitative estimate of drug-likeness (QED) is 0.855. The molecule has 1 saturated carbocycles. The van der Waals surface area contributed by atoms with E-state index in [2.05, 4.69) is 29.7 Å². The maximum Gasteiger partial charge on any atom is 0.235 e. The molecule has 0 N–H and O–H groups in total. The average Bonchev–Trinajstić information content (AvgIpc) is 3.32. The lowest BCUT2D eigenvalue weighted by Crippen LogP contribution is -2.51. The third-order valence-electron chi connectivity index (χ3n) is 4.25. The third-order valence-corrected chi connectivity index (χ3v) is 4.65. The van der Waals surface area contributed by atoms with Gasteiger partial charge in [0.05, 0.1) is 5.25 Å². The van der Waals surface area contributed by atoms with Gasteiger partial charge in [0.25, 0.3) is 0 Å².